The summed E-state index contributed by atoms with van der Waals surface area (Å²) in [5, 5.41) is 0. The smallest absolute Gasteiger partial charge is 0.381 e. The number of halogens is 9. The Morgan fingerprint density at radius 1 is 0.968 bits per heavy atom. The van der Waals surface area contributed by atoms with E-state index >= 15 is 0 Å². The Morgan fingerprint density at radius 3 is 2.10 bits per heavy atom. The third-order valence-corrected chi connectivity index (χ3v) is 3.68. The van der Waals surface area contributed by atoms with Crippen LogP contribution >= 0.6 is 0 Å². The highest BCUT2D eigenvalue weighted by atomic mass is 19.4. The van der Waals surface area contributed by atoms with Crippen molar-refractivity contribution in [1.29, 1.82) is 0 Å². The van der Waals surface area contributed by atoms with Gasteiger partial charge in [0.1, 0.15) is 5.82 Å². The van der Waals surface area contributed by atoms with Crippen molar-refractivity contribution >= 4 is 11.9 Å². The molecule has 14 heteroatoms. The fourth-order valence-electron chi connectivity index (χ4n) is 1.99. The molecule has 1 rings (SSSR count). The second kappa shape index (κ2) is 10.1. The molecule has 1 aromatic carbocycles. The summed E-state index contributed by atoms with van der Waals surface area (Å²) in [7, 11) is 1.17. The van der Waals surface area contributed by atoms with Gasteiger partial charge in [0, 0.05) is 18.9 Å². The van der Waals surface area contributed by atoms with E-state index in [4.69, 9.17) is 9.47 Å². The minimum absolute atomic E-state index is 0.128. The van der Waals surface area contributed by atoms with Crippen LogP contribution in [0.1, 0.15) is 19.3 Å². The number of hydrogen-bond donors (Lipinski definition) is 0. The van der Waals surface area contributed by atoms with Gasteiger partial charge in [-0.1, -0.05) is 0 Å². The van der Waals surface area contributed by atoms with Crippen molar-refractivity contribution in [2.24, 2.45) is 0 Å². The lowest BCUT2D eigenvalue weighted by Crippen LogP contribution is -2.59. The van der Waals surface area contributed by atoms with Gasteiger partial charge < -0.3 is 14.2 Å². The summed E-state index contributed by atoms with van der Waals surface area (Å²) >= 11 is 0. The highest BCUT2D eigenvalue weighted by Gasteiger charge is 2.75. The van der Waals surface area contributed by atoms with Crippen molar-refractivity contribution in [2.45, 2.75) is 43.5 Å². The molecular formula is C17H15F9O5. The first-order valence-corrected chi connectivity index (χ1v) is 8.27. The molecule has 0 fully saturated rings. The number of carbonyl (C=O) groups is 2. The molecule has 0 aliphatic rings. The van der Waals surface area contributed by atoms with E-state index in [1.807, 2.05) is 0 Å². The Labute approximate surface area is 169 Å². The van der Waals surface area contributed by atoms with E-state index in [0.717, 1.165) is 18.2 Å². The topological polar surface area (TPSA) is 61.8 Å². The molecule has 1 aromatic rings. The van der Waals surface area contributed by atoms with Gasteiger partial charge in [0.05, 0.1) is 7.11 Å². The van der Waals surface area contributed by atoms with Crippen LogP contribution in [-0.2, 0) is 14.3 Å². The van der Waals surface area contributed by atoms with Crippen LogP contribution in [0.5, 0.6) is 11.5 Å². The maximum Gasteiger partial charge on any atom is 0.381 e. The number of alkyl halides is 8. The Balaban J connectivity index is 2.53. The third-order valence-electron chi connectivity index (χ3n) is 3.68. The van der Waals surface area contributed by atoms with Crippen LogP contribution in [0.15, 0.2) is 18.2 Å². The van der Waals surface area contributed by atoms with Gasteiger partial charge in [-0.3, -0.25) is 9.59 Å². The van der Waals surface area contributed by atoms with Crippen molar-refractivity contribution in [2.75, 3.05) is 13.7 Å². The molecule has 0 bridgehead atoms. The summed E-state index contributed by atoms with van der Waals surface area (Å²) < 4.78 is 128. The second-order valence-corrected chi connectivity index (χ2v) is 5.99. The predicted molar refractivity (Wildman–Crippen MR) is 84.2 cm³/mol. The minimum Gasteiger partial charge on any atom is -0.493 e. The molecule has 176 valence electrons. The zero-order valence-electron chi connectivity index (χ0n) is 15.6. The fraction of sp³-hybridized carbons (Fsp3) is 0.529. The van der Waals surface area contributed by atoms with Gasteiger partial charge in [-0.05, 0) is 18.6 Å². The standard InChI is InChI=1S/C17H15F9O5/c1-29-11-7-9(18)5-6-10(11)31-13(28)4-2-3-12(27)30-8-15(21,22)17(25,26)16(23,24)14(19)20/h5-7,14H,2-4,8H2,1H3. The summed E-state index contributed by atoms with van der Waals surface area (Å²) in [5.41, 5.74) is 0. The van der Waals surface area contributed by atoms with Crippen LogP contribution in [0.25, 0.3) is 0 Å². The molecule has 0 saturated heterocycles. The van der Waals surface area contributed by atoms with E-state index in [1.54, 1.807) is 0 Å². The average Bonchev–Trinajstić information content (AvgIpc) is 2.67. The average molecular weight is 470 g/mol. The Kier molecular flexibility index (Phi) is 8.58. The Hall–Kier alpha value is -2.67. The van der Waals surface area contributed by atoms with E-state index in [1.165, 1.54) is 7.11 Å². The number of ether oxygens (including phenoxy) is 3. The first-order chi connectivity index (χ1) is 14.2. The number of benzene rings is 1. The molecule has 31 heavy (non-hydrogen) atoms. The van der Waals surface area contributed by atoms with Crippen molar-refractivity contribution in [3.8, 4) is 11.5 Å². The van der Waals surface area contributed by atoms with Crippen LogP contribution < -0.4 is 9.47 Å². The highest BCUT2D eigenvalue weighted by Crippen LogP contribution is 2.48. The van der Waals surface area contributed by atoms with Crippen LogP contribution in [0.4, 0.5) is 39.5 Å². The van der Waals surface area contributed by atoms with Crippen molar-refractivity contribution in [1.82, 2.24) is 0 Å². The largest absolute Gasteiger partial charge is 0.493 e. The van der Waals surface area contributed by atoms with Gasteiger partial charge in [0.15, 0.2) is 18.1 Å². The maximum atomic E-state index is 13.3. The van der Waals surface area contributed by atoms with Crippen LogP contribution in [0.3, 0.4) is 0 Å². The first-order valence-electron chi connectivity index (χ1n) is 8.27. The van der Waals surface area contributed by atoms with Crippen molar-refractivity contribution in [3.05, 3.63) is 24.0 Å². The van der Waals surface area contributed by atoms with Gasteiger partial charge in [-0.25, -0.2) is 13.2 Å². The lowest BCUT2D eigenvalue weighted by Gasteiger charge is -2.31. The molecule has 0 aliphatic carbocycles. The molecular weight excluding hydrogens is 455 g/mol. The van der Waals surface area contributed by atoms with Crippen molar-refractivity contribution < 1.29 is 63.3 Å². The number of methoxy groups -OCH3 is 1. The number of rotatable bonds is 11. The Bertz CT molecular complexity index is 783. The van der Waals surface area contributed by atoms with E-state index in [-0.39, 0.29) is 11.5 Å². The monoisotopic (exact) mass is 470 g/mol. The molecule has 0 radical (unpaired) electrons. The molecule has 0 unspecified atom stereocenters. The third kappa shape index (κ3) is 6.40. The molecule has 0 aliphatic heterocycles. The van der Waals surface area contributed by atoms with Crippen LogP contribution in [0.2, 0.25) is 0 Å². The van der Waals surface area contributed by atoms with E-state index in [9.17, 15) is 49.1 Å². The van der Waals surface area contributed by atoms with E-state index in [2.05, 4.69) is 4.74 Å². The van der Waals surface area contributed by atoms with Gasteiger partial charge in [0.2, 0.25) is 0 Å². The lowest BCUT2D eigenvalue weighted by atomic mass is 10.1. The molecule has 0 heterocycles. The molecule has 0 spiro atoms. The van der Waals surface area contributed by atoms with Crippen LogP contribution in [0, 0.1) is 5.82 Å². The van der Waals surface area contributed by atoms with Gasteiger partial charge in [-0.2, -0.15) is 26.3 Å². The quantitative estimate of drug-likeness (QED) is 0.268. The zero-order chi connectivity index (χ0) is 24.0. The Morgan fingerprint density at radius 2 is 1.55 bits per heavy atom. The van der Waals surface area contributed by atoms with Gasteiger partial charge >= 0.3 is 36.1 Å². The lowest BCUT2D eigenvalue weighted by molar-refractivity contribution is -0.344. The fourth-order valence-corrected chi connectivity index (χ4v) is 1.99. The number of esters is 2. The summed E-state index contributed by atoms with van der Waals surface area (Å²) in [4.78, 5) is 23.0. The summed E-state index contributed by atoms with van der Waals surface area (Å²) in [6.45, 7) is -2.58. The molecule has 0 amide bonds. The summed E-state index contributed by atoms with van der Waals surface area (Å²) in [6, 6.07) is 2.93. The summed E-state index contributed by atoms with van der Waals surface area (Å²) in [6.07, 6.45) is -6.78. The van der Waals surface area contributed by atoms with Gasteiger partial charge in [0.25, 0.3) is 0 Å². The maximum absolute atomic E-state index is 13.3. The molecule has 0 N–H and O–H groups in total. The van der Waals surface area contributed by atoms with Gasteiger partial charge in [-0.15, -0.1) is 0 Å². The predicted octanol–water partition coefficient (Wildman–Crippen LogP) is 4.62. The van der Waals surface area contributed by atoms with E-state index < -0.39 is 67.8 Å². The summed E-state index contributed by atoms with van der Waals surface area (Å²) in [5.74, 6) is -22.2. The van der Waals surface area contributed by atoms with E-state index in [0.29, 0.717) is 0 Å². The SMILES string of the molecule is COc1cc(F)ccc1OC(=O)CCCC(=O)OCC(F)(F)C(F)(F)C(F)(F)C(F)F. The second-order valence-electron chi connectivity index (χ2n) is 5.99. The molecule has 0 atom stereocenters. The highest BCUT2D eigenvalue weighted by molar-refractivity contribution is 5.74. The van der Waals surface area contributed by atoms with Crippen molar-refractivity contribution in [3.63, 3.8) is 0 Å². The minimum atomic E-state index is -6.49. The number of hydrogen-bond acceptors (Lipinski definition) is 5. The molecule has 0 aromatic heterocycles. The first kappa shape index (κ1) is 26.4. The normalized spacial score (nSPS) is 12.6. The van der Waals surface area contributed by atoms with Crippen LogP contribution in [-0.4, -0.2) is 49.8 Å². The molecule has 5 nitrogen and oxygen atoms in total. The zero-order valence-corrected chi connectivity index (χ0v) is 15.6. The number of carbonyl (C=O) groups excluding carboxylic acids is 2. The molecule has 0 saturated carbocycles.